The summed E-state index contributed by atoms with van der Waals surface area (Å²) in [6.07, 6.45) is 0. The van der Waals surface area contributed by atoms with Gasteiger partial charge < -0.3 is 0 Å². The molecule has 0 spiro atoms. The van der Waals surface area contributed by atoms with Crippen LogP contribution >= 0.6 is 0 Å². The highest BCUT2D eigenvalue weighted by Crippen LogP contribution is 2.49. The molecule has 0 saturated carbocycles. The molecule has 0 saturated heterocycles. The minimum atomic E-state index is 1.28. The molecule has 0 unspecified atom stereocenters. The normalized spacial score (nSPS) is 11.9. The molecule has 0 bridgehead atoms. The first-order valence-electron chi connectivity index (χ1n) is 9.46. The average molecular weight is 342 g/mol. The molecule has 5 aromatic carbocycles. The molecule has 27 heavy (non-hydrogen) atoms. The molecule has 1 aliphatic carbocycles. The van der Waals surface area contributed by atoms with Crippen LogP contribution in [0.2, 0.25) is 0 Å². The first-order valence-corrected chi connectivity index (χ1v) is 9.46. The number of aryl methyl sites for hydroxylation is 1. The van der Waals surface area contributed by atoms with E-state index in [-0.39, 0.29) is 0 Å². The quantitative estimate of drug-likeness (QED) is 0.270. The van der Waals surface area contributed by atoms with E-state index in [4.69, 9.17) is 0 Å². The van der Waals surface area contributed by atoms with E-state index in [1.807, 2.05) is 0 Å². The Labute approximate surface area is 158 Å². The van der Waals surface area contributed by atoms with Crippen molar-refractivity contribution >= 4 is 21.5 Å². The highest BCUT2D eigenvalue weighted by atomic mass is 14.2. The third-order valence-electron chi connectivity index (χ3n) is 5.84. The molecule has 0 aliphatic heterocycles. The zero-order chi connectivity index (χ0) is 18.0. The van der Waals surface area contributed by atoms with Gasteiger partial charge in [0.15, 0.2) is 0 Å². The third-order valence-corrected chi connectivity index (χ3v) is 5.84. The summed E-state index contributed by atoms with van der Waals surface area (Å²) >= 11 is 0. The minimum Gasteiger partial charge on any atom is -0.0616 e. The van der Waals surface area contributed by atoms with Gasteiger partial charge in [-0.1, -0.05) is 84.4 Å². The van der Waals surface area contributed by atoms with Gasteiger partial charge >= 0.3 is 0 Å². The molecule has 0 aromatic heterocycles. The number of fused-ring (bicyclic) bond motifs is 5. The van der Waals surface area contributed by atoms with Gasteiger partial charge in [-0.3, -0.25) is 0 Å². The van der Waals surface area contributed by atoms with Gasteiger partial charge in [-0.15, -0.1) is 0 Å². The van der Waals surface area contributed by atoms with Gasteiger partial charge in [0.2, 0.25) is 0 Å². The van der Waals surface area contributed by atoms with Crippen molar-refractivity contribution in [2.24, 2.45) is 0 Å². The highest BCUT2D eigenvalue weighted by molar-refractivity contribution is 6.23. The maximum atomic E-state index is 2.37. The van der Waals surface area contributed by atoms with Crippen molar-refractivity contribution in [1.82, 2.24) is 0 Å². The lowest BCUT2D eigenvalue weighted by atomic mass is 9.93. The molecule has 0 radical (unpaired) electrons. The predicted molar refractivity (Wildman–Crippen MR) is 116 cm³/mol. The molecule has 0 nitrogen and oxygen atoms in total. The fourth-order valence-electron chi connectivity index (χ4n) is 4.60. The number of rotatable bonds is 1. The molecule has 1 aliphatic rings. The molecule has 126 valence electrons. The van der Waals surface area contributed by atoms with Gasteiger partial charge in [-0.25, -0.2) is 0 Å². The second-order valence-corrected chi connectivity index (χ2v) is 7.50. The van der Waals surface area contributed by atoms with Crippen LogP contribution in [0.4, 0.5) is 0 Å². The zero-order valence-corrected chi connectivity index (χ0v) is 15.2. The summed E-state index contributed by atoms with van der Waals surface area (Å²) in [5.74, 6) is 0. The summed E-state index contributed by atoms with van der Waals surface area (Å²) in [5, 5.41) is 5.39. The maximum absolute atomic E-state index is 2.37. The smallest absolute Gasteiger partial charge is 0.00199 e. The highest BCUT2D eigenvalue weighted by Gasteiger charge is 2.22. The molecule has 0 amide bonds. The Bertz CT molecular complexity index is 1370. The van der Waals surface area contributed by atoms with Crippen molar-refractivity contribution in [2.45, 2.75) is 6.92 Å². The minimum absolute atomic E-state index is 1.28. The van der Waals surface area contributed by atoms with Gasteiger partial charge in [0.25, 0.3) is 0 Å². The second-order valence-electron chi connectivity index (χ2n) is 7.50. The fraction of sp³-hybridized carbons (Fsp3) is 0.0370. The van der Waals surface area contributed by atoms with Crippen LogP contribution in [0.3, 0.4) is 0 Å². The summed E-state index contributed by atoms with van der Waals surface area (Å²) in [7, 11) is 0. The Morgan fingerprint density at radius 2 is 1.22 bits per heavy atom. The molecule has 0 fully saturated rings. The first-order chi connectivity index (χ1) is 13.3. The van der Waals surface area contributed by atoms with Gasteiger partial charge in [0, 0.05) is 0 Å². The molecule has 0 heterocycles. The number of benzene rings is 5. The predicted octanol–water partition coefficient (Wildman–Crippen LogP) is 7.62. The topological polar surface area (TPSA) is 0 Å². The summed E-state index contributed by atoms with van der Waals surface area (Å²) in [6.45, 7) is 2.15. The van der Waals surface area contributed by atoms with E-state index >= 15 is 0 Å². The molecule has 0 heteroatoms. The molecular formula is C27H18. The molecule has 5 aromatic rings. The molecule has 0 atom stereocenters. The fourth-order valence-corrected chi connectivity index (χ4v) is 4.60. The molecular weight excluding hydrogens is 324 g/mol. The Kier molecular flexibility index (Phi) is 2.90. The van der Waals surface area contributed by atoms with E-state index in [9.17, 15) is 0 Å². The monoisotopic (exact) mass is 342 g/mol. The summed E-state index contributed by atoms with van der Waals surface area (Å²) < 4.78 is 0. The van der Waals surface area contributed by atoms with E-state index in [2.05, 4.69) is 97.9 Å². The lowest BCUT2D eigenvalue weighted by Gasteiger charge is -2.10. The zero-order valence-electron chi connectivity index (χ0n) is 15.2. The van der Waals surface area contributed by atoms with Gasteiger partial charge in [0.1, 0.15) is 0 Å². The van der Waals surface area contributed by atoms with E-state index in [0.29, 0.717) is 0 Å². The van der Waals surface area contributed by atoms with Crippen LogP contribution < -0.4 is 0 Å². The second kappa shape index (κ2) is 5.31. The summed E-state index contributed by atoms with van der Waals surface area (Å²) in [4.78, 5) is 0. The Hall–Kier alpha value is -3.38. The van der Waals surface area contributed by atoms with Crippen molar-refractivity contribution in [1.29, 1.82) is 0 Å². The Balaban J connectivity index is 1.71. The van der Waals surface area contributed by atoms with Gasteiger partial charge in [0.05, 0.1) is 0 Å². The van der Waals surface area contributed by atoms with Crippen LogP contribution in [0.5, 0.6) is 0 Å². The van der Waals surface area contributed by atoms with Crippen LogP contribution in [0.1, 0.15) is 5.56 Å². The SMILES string of the molecule is Cc1cccc(-c2ccc3cc4c5c(cccc5c3c2)-c2ccccc2-4)c1. The standard InChI is InChI=1S/C27H18/c1-17-6-4-7-18(14-17)19-12-13-20-16-26-22-9-3-2-8-21(22)23-10-5-11-24(27(23)26)25(20)15-19/h2-16H,1H3. The Morgan fingerprint density at radius 3 is 2.07 bits per heavy atom. The van der Waals surface area contributed by atoms with Gasteiger partial charge in [-0.05, 0) is 74.0 Å². The maximum Gasteiger partial charge on any atom is -0.00199 e. The summed E-state index contributed by atoms with van der Waals surface area (Å²) in [5.41, 5.74) is 9.29. The van der Waals surface area contributed by atoms with Gasteiger partial charge in [-0.2, -0.15) is 0 Å². The third kappa shape index (κ3) is 2.04. The van der Waals surface area contributed by atoms with Crippen molar-refractivity contribution in [3.8, 4) is 33.4 Å². The Morgan fingerprint density at radius 1 is 0.481 bits per heavy atom. The van der Waals surface area contributed by atoms with Crippen molar-refractivity contribution < 1.29 is 0 Å². The molecule has 6 rings (SSSR count). The number of hydrogen-bond acceptors (Lipinski definition) is 0. The lowest BCUT2D eigenvalue weighted by molar-refractivity contribution is 1.47. The van der Waals surface area contributed by atoms with Crippen molar-refractivity contribution in [3.63, 3.8) is 0 Å². The van der Waals surface area contributed by atoms with Crippen molar-refractivity contribution in [2.75, 3.05) is 0 Å². The van der Waals surface area contributed by atoms with Crippen LogP contribution in [-0.2, 0) is 0 Å². The average Bonchev–Trinajstić information content (AvgIpc) is 3.03. The van der Waals surface area contributed by atoms with Crippen molar-refractivity contribution in [3.05, 3.63) is 96.6 Å². The van der Waals surface area contributed by atoms with E-state index in [1.165, 1.54) is 60.5 Å². The van der Waals surface area contributed by atoms with E-state index in [1.54, 1.807) is 0 Å². The van der Waals surface area contributed by atoms with Crippen LogP contribution in [0.15, 0.2) is 91.0 Å². The van der Waals surface area contributed by atoms with E-state index in [0.717, 1.165) is 0 Å². The van der Waals surface area contributed by atoms with Crippen LogP contribution in [0, 0.1) is 6.92 Å². The first kappa shape index (κ1) is 14.8. The lowest BCUT2D eigenvalue weighted by Crippen LogP contribution is -1.84. The summed E-state index contributed by atoms with van der Waals surface area (Å²) in [6, 6.07) is 33.5. The van der Waals surface area contributed by atoms with Crippen LogP contribution in [0.25, 0.3) is 54.9 Å². The molecule has 0 N–H and O–H groups in total. The van der Waals surface area contributed by atoms with E-state index < -0.39 is 0 Å². The largest absolute Gasteiger partial charge is 0.0616 e. The number of hydrogen-bond donors (Lipinski definition) is 0. The van der Waals surface area contributed by atoms with Crippen LogP contribution in [-0.4, -0.2) is 0 Å².